The molecule has 0 atom stereocenters. The van der Waals surface area contributed by atoms with Gasteiger partial charge in [-0.15, -0.1) is 0 Å². The number of anilines is 1. The van der Waals surface area contributed by atoms with E-state index in [0.717, 1.165) is 55.4 Å². The first-order valence-corrected chi connectivity index (χ1v) is 8.29. The lowest BCUT2D eigenvalue weighted by molar-refractivity contribution is 0.0251. The van der Waals surface area contributed by atoms with Crippen molar-refractivity contribution < 1.29 is 4.74 Å². The largest absolute Gasteiger partial charge is 0.384 e. The zero-order valence-corrected chi connectivity index (χ0v) is 13.7. The van der Waals surface area contributed by atoms with E-state index in [1.54, 1.807) is 0 Å². The minimum atomic E-state index is 0.375. The Hall–Kier alpha value is -1.09. The highest BCUT2D eigenvalue weighted by atomic mass is 79.9. The van der Waals surface area contributed by atoms with Crippen LogP contribution in [0.2, 0.25) is 0 Å². The molecule has 1 aliphatic carbocycles. The number of halogens is 1. The van der Waals surface area contributed by atoms with Crippen LogP contribution in [0.25, 0.3) is 0 Å². The molecule has 0 saturated heterocycles. The summed E-state index contributed by atoms with van der Waals surface area (Å²) in [6.45, 7) is 1.64. The van der Waals surface area contributed by atoms with Crippen LogP contribution in [0.15, 0.2) is 22.7 Å². The first kappa shape index (κ1) is 16.3. The molecule has 1 aromatic rings. The van der Waals surface area contributed by atoms with Gasteiger partial charge in [0, 0.05) is 29.4 Å². The van der Waals surface area contributed by atoms with E-state index < -0.39 is 0 Å². The Balaban J connectivity index is 1.63. The van der Waals surface area contributed by atoms with Gasteiger partial charge in [-0.25, -0.2) is 0 Å². The predicted molar refractivity (Wildman–Crippen MR) is 88.1 cm³/mol. The van der Waals surface area contributed by atoms with Gasteiger partial charge in [-0.1, -0.05) is 0 Å². The Morgan fingerprint density at radius 1 is 1.33 bits per heavy atom. The van der Waals surface area contributed by atoms with Gasteiger partial charge in [0.25, 0.3) is 0 Å². The molecule has 21 heavy (non-hydrogen) atoms. The fourth-order valence-corrected chi connectivity index (χ4v) is 3.05. The number of hydrogen-bond donors (Lipinski definition) is 2. The molecule has 1 aliphatic rings. The Bertz CT molecular complexity index is 493. The number of hydrogen-bond acceptors (Lipinski definition) is 4. The Morgan fingerprint density at radius 2 is 2.10 bits per heavy atom. The van der Waals surface area contributed by atoms with E-state index in [9.17, 15) is 0 Å². The van der Waals surface area contributed by atoms with Gasteiger partial charge < -0.3 is 15.8 Å². The molecule has 0 aliphatic heterocycles. The van der Waals surface area contributed by atoms with E-state index in [1.807, 2.05) is 18.2 Å². The second-order valence-corrected chi connectivity index (χ2v) is 6.35. The number of nitrogens with one attached hydrogen (secondary N) is 1. The van der Waals surface area contributed by atoms with E-state index in [-0.39, 0.29) is 0 Å². The molecule has 3 N–H and O–H groups in total. The molecule has 114 valence electrons. The van der Waals surface area contributed by atoms with Crippen LogP contribution in [0.1, 0.15) is 37.7 Å². The highest BCUT2D eigenvalue weighted by molar-refractivity contribution is 9.10. The van der Waals surface area contributed by atoms with Crippen LogP contribution in [-0.4, -0.2) is 25.3 Å². The maximum Gasteiger partial charge on any atom is 0.0992 e. The maximum absolute atomic E-state index is 8.82. The maximum atomic E-state index is 8.82. The van der Waals surface area contributed by atoms with Crippen molar-refractivity contribution in [3.63, 3.8) is 0 Å². The smallest absolute Gasteiger partial charge is 0.0992 e. The first-order chi connectivity index (χ1) is 10.2. The summed E-state index contributed by atoms with van der Waals surface area (Å²) in [7, 11) is 0. The molecule has 1 saturated carbocycles. The van der Waals surface area contributed by atoms with Gasteiger partial charge in [0.2, 0.25) is 0 Å². The van der Waals surface area contributed by atoms with E-state index in [1.165, 1.54) is 0 Å². The summed E-state index contributed by atoms with van der Waals surface area (Å²) < 4.78 is 6.81. The molecule has 1 aromatic carbocycles. The highest BCUT2D eigenvalue weighted by Gasteiger charge is 2.18. The third-order valence-electron chi connectivity index (χ3n) is 3.81. The minimum absolute atomic E-state index is 0.375. The molecular weight excluding hydrogens is 330 g/mol. The number of nitrogens with two attached hydrogens (primary N) is 1. The van der Waals surface area contributed by atoms with E-state index in [2.05, 4.69) is 27.3 Å². The van der Waals surface area contributed by atoms with Gasteiger partial charge in [0.15, 0.2) is 0 Å². The Kier molecular flexibility index (Phi) is 6.50. The minimum Gasteiger partial charge on any atom is -0.384 e. The molecule has 0 unspecified atom stereocenters. The van der Waals surface area contributed by atoms with Crippen molar-refractivity contribution in [2.24, 2.45) is 5.73 Å². The van der Waals surface area contributed by atoms with Crippen molar-refractivity contribution in [3.8, 4) is 6.07 Å². The van der Waals surface area contributed by atoms with Gasteiger partial charge in [0.1, 0.15) is 0 Å². The van der Waals surface area contributed by atoms with E-state index in [0.29, 0.717) is 17.7 Å². The molecule has 5 heteroatoms. The summed E-state index contributed by atoms with van der Waals surface area (Å²) in [5.74, 6) is 0. The third kappa shape index (κ3) is 5.31. The Labute approximate surface area is 134 Å². The monoisotopic (exact) mass is 351 g/mol. The second kappa shape index (κ2) is 8.38. The molecule has 0 spiro atoms. The van der Waals surface area contributed by atoms with Crippen LogP contribution in [0.5, 0.6) is 0 Å². The van der Waals surface area contributed by atoms with Crippen LogP contribution in [-0.2, 0) is 4.74 Å². The normalized spacial score (nSPS) is 21.8. The summed E-state index contributed by atoms with van der Waals surface area (Å²) >= 11 is 3.47. The quantitative estimate of drug-likeness (QED) is 0.770. The first-order valence-electron chi connectivity index (χ1n) is 7.49. The lowest BCUT2D eigenvalue weighted by Crippen LogP contribution is -2.30. The molecular formula is C16H22BrN3O. The van der Waals surface area contributed by atoms with Gasteiger partial charge >= 0.3 is 0 Å². The van der Waals surface area contributed by atoms with Crippen molar-refractivity contribution in [2.45, 2.75) is 44.2 Å². The number of rotatable bonds is 6. The van der Waals surface area contributed by atoms with Crippen LogP contribution in [0.4, 0.5) is 5.69 Å². The molecule has 0 amide bonds. The van der Waals surface area contributed by atoms with E-state index in [4.69, 9.17) is 15.7 Å². The molecule has 0 radical (unpaired) electrons. The van der Waals surface area contributed by atoms with Crippen molar-refractivity contribution in [1.29, 1.82) is 5.26 Å². The summed E-state index contributed by atoms with van der Waals surface area (Å²) in [6, 6.07) is 8.06. The summed E-state index contributed by atoms with van der Waals surface area (Å²) in [5.41, 5.74) is 7.55. The van der Waals surface area contributed by atoms with Crippen molar-refractivity contribution >= 4 is 21.6 Å². The number of nitriles is 1. The van der Waals surface area contributed by atoms with Crippen LogP contribution in [0.3, 0.4) is 0 Å². The number of benzene rings is 1. The molecule has 2 rings (SSSR count). The fourth-order valence-electron chi connectivity index (χ4n) is 2.53. The van der Waals surface area contributed by atoms with Gasteiger partial charge in [-0.3, -0.25) is 0 Å². The second-order valence-electron chi connectivity index (χ2n) is 5.49. The van der Waals surface area contributed by atoms with Crippen LogP contribution < -0.4 is 11.1 Å². The number of ether oxygens (including phenoxy) is 1. The molecule has 0 aromatic heterocycles. The van der Waals surface area contributed by atoms with Crippen molar-refractivity contribution in [1.82, 2.24) is 0 Å². The summed E-state index contributed by atoms with van der Waals surface area (Å²) in [5, 5.41) is 12.2. The predicted octanol–water partition coefficient (Wildman–Crippen LogP) is 3.41. The summed E-state index contributed by atoms with van der Waals surface area (Å²) in [6.07, 6.45) is 5.72. The SMILES string of the molecule is N#Cc1ccc(NCCCOC2CCC(N)CC2)c(Br)c1. The Morgan fingerprint density at radius 3 is 2.76 bits per heavy atom. The van der Waals surface area contributed by atoms with Crippen molar-refractivity contribution in [2.75, 3.05) is 18.5 Å². The highest BCUT2D eigenvalue weighted by Crippen LogP contribution is 2.23. The molecule has 4 nitrogen and oxygen atoms in total. The standard InChI is InChI=1S/C16H22BrN3O/c17-15-10-12(11-18)2-7-16(15)20-8-1-9-21-14-5-3-13(19)4-6-14/h2,7,10,13-14,20H,1,3-6,8-9,19H2. The molecule has 0 heterocycles. The summed E-state index contributed by atoms with van der Waals surface area (Å²) in [4.78, 5) is 0. The van der Waals surface area contributed by atoms with Crippen LogP contribution in [0, 0.1) is 11.3 Å². The van der Waals surface area contributed by atoms with Gasteiger partial charge in [-0.2, -0.15) is 5.26 Å². The zero-order valence-electron chi connectivity index (χ0n) is 12.1. The van der Waals surface area contributed by atoms with Gasteiger partial charge in [0.05, 0.1) is 17.7 Å². The topological polar surface area (TPSA) is 71.1 Å². The van der Waals surface area contributed by atoms with Gasteiger partial charge in [-0.05, 0) is 66.2 Å². The van der Waals surface area contributed by atoms with E-state index >= 15 is 0 Å². The average Bonchev–Trinajstić information content (AvgIpc) is 2.50. The van der Waals surface area contributed by atoms with Crippen molar-refractivity contribution in [3.05, 3.63) is 28.2 Å². The molecule has 0 bridgehead atoms. The van der Waals surface area contributed by atoms with Crippen LogP contribution >= 0.6 is 15.9 Å². The fraction of sp³-hybridized carbons (Fsp3) is 0.562. The number of nitrogens with zero attached hydrogens (tertiary/aromatic N) is 1. The zero-order chi connectivity index (χ0) is 15.1. The lowest BCUT2D eigenvalue weighted by Gasteiger charge is -2.26. The average molecular weight is 352 g/mol. The molecule has 1 fully saturated rings. The third-order valence-corrected chi connectivity index (χ3v) is 4.46. The lowest BCUT2D eigenvalue weighted by atomic mass is 9.94.